The molecule has 0 aliphatic carbocycles. The molecule has 1 aromatic heterocycles. The molecule has 0 bridgehead atoms. The lowest BCUT2D eigenvalue weighted by atomic mass is 10.2. The molecule has 0 saturated carbocycles. The molecule has 3 nitrogen and oxygen atoms in total. The van der Waals surface area contributed by atoms with Crippen LogP contribution in [-0.2, 0) is 4.79 Å². The Morgan fingerprint density at radius 1 is 1.23 bits per heavy atom. The van der Waals surface area contributed by atoms with E-state index in [4.69, 9.17) is 16.6 Å². The van der Waals surface area contributed by atoms with E-state index in [2.05, 4.69) is 6.92 Å². The average molecular weight is 390 g/mol. The van der Waals surface area contributed by atoms with Gasteiger partial charge in [-0.3, -0.25) is 9.69 Å². The van der Waals surface area contributed by atoms with Crippen molar-refractivity contribution in [3.8, 4) is 11.3 Å². The first-order chi connectivity index (χ1) is 12.6. The Balaban J connectivity index is 1.70. The first-order valence-corrected chi connectivity index (χ1v) is 9.92. The number of carbonyl (C=O) groups excluding carboxylic acids is 1. The van der Waals surface area contributed by atoms with Crippen LogP contribution in [0.5, 0.6) is 0 Å². The summed E-state index contributed by atoms with van der Waals surface area (Å²) in [5.41, 5.74) is 0.660. The predicted molar refractivity (Wildman–Crippen MR) is 108 cm³/mol. The number of carbonyl (C=O) groups is 1. The molecular formula is C20H20FNO2S2. The molecule has 0 unspecified atom stereocenters. The molecule has 6 heteroatoms. The second kappa shape index (κ2) is 8.64. The third-order valence-corrected chi connectivity index (χ3v) is 5.50. The van der Waals surface area contributed by atoms with E-state index in [1.54, 1.807) is 35.2 Å². The highest BCUT2D eigenvalue weighted by Crippen LogP contribution is 2.34. The van der Waals surface area contributed by atoms with Crippen LogP contribution < -0.4 is 0 Å². The van der Waals surface area contributed by atoms with Crippen molar-refractivity contribution in [3.05, 3.63) is 52.9 Å². The molecule has 2 heterocycles. The van der Waals surface area contributed by atoms with E-state index in [1.807, 2.05) is 0 Å². The Hall–Kier alpha value is -1.92. The zero-order valence-electron chi connectivity index (χ0n) is 14.5. The van der Waals surface area contributed by atoms with Crippen LogP contribution in [0.1, 0.15) is 38.4 Å². The molecule has 2 aromatic rings. The summed E-state index contributed by atoms with van der Waals surface area (Å²) >= 11 is 6.64. The van der Waals surface area contributed by atoms with Gasteiger partial charge >= 0.3 is 0 Å². The van der Waals surface area contributed by atoms with E-state index in [-0.39, 0.29) is 11.7 Å². The SMILES string of the molecule is CCCCCCN1C(=O)C(=Cc2ccc(-c3cccc(F)c3)o2)SC1=S. The third kappa shape index (κ3) is 4.43. The topological polar surface area (TPSA) is 33.5 Å². The van der Waals surface area contributed by atoms with Crippen LogP contribution in [-0.4, -0.2) is 21.7 Å². The summed E-state index contributed by atoms with van der Waals surface area (Å²) in [7, 11) is 0. The summed E-state index contributed by atoms with van der Waals surface area (Å²) in [6.07, 6.45) is 6.08. The molecule has 1 fully saturated rings. The van der Waals surface area contributed by atoms with Gasteiger partial charge in [-0.05, 0) is 30.7 Å². The van der Waals surface area contributed by atoms with E-state index in [9.17, 15) is 9.18 Å². The zero-order valence-corrected chi connectivity index (χ0v) is 16.2. The molecule has 3 rings (SSSR count). The van der Waals surface area contributed by atoms with Crippen LogP contribution >= 0.6 is 24.0 Å². The molecule has 1 saturated heterocycles. The Bertz CT molecular complexity index is 844. The molecule has 0 radical (unpaired) electrons. The van der Waals surface area contributed by atoms with Crippen LogP contribution in [0.25, 0.3) is 17.4 Å². The van der Waals surface area contributed by atoms with E-state index in [0.29, 0.717) is 32.9 Å². The fraction of sp³-hybridized carbons (Fsp3) is 0.300. The Morgan fingerprint density at radius 3 is 2.85 bits per heavy atom. The van der Waals surface area contributed by atoms with E-state index in [0.717, 1.165) is 19.3 Å². The van der Waals surface area contributed by atoms with Gasteiger partial charge in [-0.1, -0.05) is 62.3 Å². The predicted octanol–water partition coefficient (Wildman–Crippen LogP) is 5.87. The first kappa shape index (κ1) is 18.9. The fourth-order valence-electron chi connectivity index (χ4n) is 2.75. The molecule has 1 aliphatic rings. The minimum atomic E-state index is -0.315. The van der Waals surface area contributed by atoms with Crippen LogP contribution in [0, 0.1) is 5.82 Å². The van der Waals surface area contributed by atoms with Gasteiger partial charge in [0, 0.05) is 18.2 Å². The van der Waals surface area contributed by atoms with Crippen LogP contribution in [0.4, 0.5) is 4.39 Å². The average Bonchev–Trinajstić information content (AvgIpc) is 3.18. The number of furan rings is 1. The number of hydrogen-bond donors (Lipinski definition) is 0. The molecule has 0 spiro atoms. The van der Waals surface area contributed by atoms with Gasteiger partial charge in [0.05, 0.1) is 4.91 Å². The lowest BCUT2D eigenvalue weighted by Crippen LogP contribution is -2.28. The molecule has 136 valence electrons. The number of rotatable bonds is 7. The maximum atomic E-state index is 13.4. The maximum Gasteiger partial charge on any atom is 0.266 e. The Kier molecular flexibility index (Phi) is 6.27. The standard InChI is InChI=1S/C20H20FNO2S2/c1-2-3-4-5-11-22-19(23)18(26-20(22)25)13-16-9-10-17(24-16)14-7-6-8-15(21)12-14/h6-10,12-13H,2-5,11H2,1H3. The van der Waals surface area contributed by atoms with Crippen molar-refractivity contribution in [2.24, 2.45) is 0 Å². The van der Waals surface area contributed by atoms with E-state index >= 15 is 0 Å². The molecule has 26 heavy (non-hydrogen) atoms. The van der Waals surface area contributed by atoms with Gasteiger partial charge in [-0.25, -0.2) is 4.39 Å². The van der Waals surface area contributed by atoms with Crippen molar-refractivity contribution in [1.82, 2.24) is 4.90 Å². The largest absolute Gasteiger partial charge is 0.457 e. The van der Waals surface area contributed by atoms with Crippen LogP contribution in [0.15, 0.2) is 45.7 Å². The van der Waals surface area contributed by atoms with Crippen molar-refractivity contribution in [1.29, 1.82) is 0 Å². The number of amides is 1. The second-order valence-corrected chi connectivity index (χ2v) is 7.78. The Labute approximate surface area is 162 Å². The first-order valence-electron chi connectivity index (χ1n) is 8.69. The maximum absolute atomic E-state index is 13.4. The van der Waals surface area contributed by atoms with Crippen LogP contribution in [0.2, 0.25) is 0 Å². The van der Waals surface area contributed by atoms with Crippen molar-refractivity contribution in [3.63, 3.8) is 0 Å². The van der Waals surface area contributed by atoms with Gasteiger partial charge in [0.1, 0.15) is 21.7 Å². The highest BCUT2D eigenvalue weighted by Gasteiger charge is 2.31. The fourth-order valence-corrected chi connectivity index (χ4v) is 4.03. The number of hydrogen-bond acceptors (Lipinski definition) is 4. The summed E-state index contributed by atoms with van der Waals surface area (Å²) in [6.45, 7) is 2.82. The summed E-state index contributed by atoms with van der Waals surface area (Å²) in [5, 5.41) is 0. The van der Waals surface area contributed by atoms with Crippen LogP contribution in [0.3, 0.4) is 0 Å². The van der Waals surface area contributed by atoms with Crippen molar-refractivity contribution < 1.29 is 13.6 Å². The number of thioether (sulfide) groups is 1. The smallest absolute Gasteiger partial charge is 0.266 e. The van der Waals surface area contributed by atoms with Crippen molar-refractivity contribution in [2.75, 3.05) is 6.54 Å². The number of thiocarbonyl (C=S) groups is 1. The van der Waals surface area contributed by atoms with Gasteiger partial charge < -0.3 is 4.42 Å². The number of benzene rings is 1. The second-order valence-electron chi connectivity index (χ2n) is 6.11. The number of unbranched alkanes of at least 4 members (excludes halogenated alkanes) is 3. The highest BCUT2D eigenvalue weighted by molar-refractivity contribution is 8.26. The highest BCUT2D eigenvalue weighted by atomic mass is 32.2. The van der Waals surface area contributed by atoms with Crippen molar-refractivity contribution >= 4 is 40.3 Å². The zero-order chi connectivity index (χ0) is 18.5. The van der Waals surface area contributed by atoms with Gasteiger partial charge in [-0.15, -0.1) is 0 Å². The molecular weight excluding hydrogens is 369 g/mol. The summed E-state index contributed by atoms with van der Waals surface area (Å²) in [5.74, 6) is 0.728. The minimum absolute atomic E-state index is 0.0693. The molecule has 1 aliphatic heterocycles. The lowest BCUT2D eigenvalue weighted by Gasteiger charge is -2.13. The molecule has 0 N–H and O–H groups in total. The quantitative estimate of drug-likeness (QED) is 0.337. The van der Waals surface area contributed by atoms with Gasteiger partial charge in [0.2, 0.25) is 0 Å². The Morgan fingerprint density at radius 2 is 2.08 bits per heavy atom. The summed E-state index contributed by atoms with van der Waals surface area (Å²) in [6, 6.07) is 9.76. The minimum Gasteiger partial charge on any atom is -0.457 e. The number of nitrogens with zero attached hydrogens (tertiary/aromatic N) is 1. The summed E-state index contributed by atoms with van der Waals surface area (Å²) in [4.78, 5) is 14.8. The molecule has 1 amide bonds. The van der Waals surface area contributed by atoms with Crippen molar-refractivity contribution in [2.45, 2.75) is 32.6 Å². The molecule has 1 aromatic carbocycles. The monoisotopic (exact) mass is 389 g/mol. The summed E-state index contributed by atoms with van der Waals surface area (Å²) < 4.78 is 19.7. The van der Waals surface area contributed by atoms with Gasteiger partial charge in [-0.2, -0.15) is 0 Å². The van der Waals surface area contributed by atoms with E-state index < -0.39 is 0 Å². The van der Waals surface area contributed by atoms with E-state index in [1.165, 1.54) is 30.3 Å². The van der Waals surface area contributed by atoms with Gasteiger partial charge in [0.15, 0.2) is 0 Å². The number of halogens is 1. The molecule has 0 atom stereocenters. The lowest BCUT2D eigenvalue weighted by molar-refractivity contribution is -0.122. The van der Waals surface area contributed by atoms with Gasteiger partial charge in [0.25, 0.3) is 5.91 Å². The third-order valence-electron chi connectivity index (χ3n) is 4.12. The normalized spacial score (nSPS) is 16.1.